The van der Waals surface area contributed by atoms with Gasteiger partial charge in [0.15, 0.2) is 0 Å². The van der Waals surface area contributed by atoms with E-state index in [1.165, 1.54) is 4.68 Å². The normalized spacial score (nSPS) is 10.5. The fourth-order valence-electron chi connectivity index (χ4n) is 1.82. The van der Waals surface area contributed by atoms with Crippen molar-refractivity contribution < 1.29 is 9.47 Å². The molecule has 2 rings (SSSR count). The zero-order chi connectivity index (χ0) is 15.9. The van der Waals surface area contributed by atoms with Gasteiger partial charge in [0.05, 0.1) is 18.5 Å². The van der Waals surface area contributed by atoms with Crippen LogP contribution in [0.2, 0.25) is 0 Å². The number of rotatable bonds is 7. The van der Waals surface area contributed by atoms with Crippen LogP contribution in [-0.2, 0) is 18.3 Å². The lowest BCUT2D eigenvalue weighted by molar-refractivity contribution is 0.146. The molecule has 118 valence electrons. The lowest BCUT2D eigenvalue weighted by atomic mass is 10.2. The summed E-state index contributed by atoms with van der Waals surface area (Å²) >= 11 is 3.29. The van der Waals surface area contributed by atoms with Crippen molar-refractivity contribution in [1.82, 2.24) is 9.78 Å². The highest BCUT2D eigenvalue weighted by Crippen LogP contribution is 2.18. The molecule has 1 N–H and O–H groups in total. The summed E-state index contributed by atoms with van der Waals surface area (Å²) < 4.78 is 12.3. The first-order valence-electron chi connectivity index (χ1n) is 6.78. The summed E-state index contributed by atoms with van der Waals surface area (Å²) in [4.78, 5) is 11.8. The molecule has 1 aromatic heterocycles. The Kier molecular flexibility index (Phi) is 5.97. The number of halogens is 1. The SMILES string of the molecule is COCCOc1cccc(CNc2cnn(C)c(=O)c2Br)c1. The maximum absolute atomic E-state index is 11.8. The molecule has 0 aliphatic rings. The van der Waals surface area contributed by atoms with Crippen molar-refractivity contribution in [3.63, 3.8) is 0 Å². The fourth-order valence-corrected chi connectivity index (χ4v) is 2.32. The van der Waals surface area contributed by atoms with E-state index in [1.807, 2.05) is 24.3 Å². The van der Waals surface area contributed by atoms with Gasteiger partial charge in [0, 0.05) is 20.7 Å². The van der Waals surface area contributed by atoms with Crippen molar-refractivity contribution in [2.45, 2.75) is 6.54 Å². The molecule has 0 unspecified atom stereocenters. The monoisotopic (exact) mass is 367 g/mol. The third-order valence-electron chi connectivity index (χ3n) is 3.02. The zero-order valence-electron chi connectivity index (χ0n) is 12.5. The van der Waals surface area contributed by atoms with Gasteiger partial charge in [0.2, 0.25) is 0 Å². The van der Waals surface area contributed by atoms with Crippen LogP contribution < -0.4 is 15.6 Å². The van der Waals surface area contributed by atoms with Crippen LogP contribution in [0.5, 0.6) is 5.75 Å². The van der Waals surface area contributed by atoms with Crippen LogP contribution in [0.1, 0.15) is 5.56 Å². The minimum Gasteiger partial charge on any atom is -0.491 e. The summed E-state index contributed by atoms with van der Waals surface area (Å²) in [6.45, 7) is 1.63. The molecule has 22 heavy (non-hydrogen) atoms. The lowest BCUT2D eigenvalue weighted by Crippen LogP contribution is -2.21. The Balaban J connectivity index is 2.01. The molecule has 0 fully saturated rings. The van der Waals surface area contributed by atoms with Crippen molar-refractivity contribution in [2.24, 2.45) is 7.05 Å². The van der Waals surface area contributed by atoms with E-state index in [-0.39, 0.29) is 5.56 Å². The van der Waals surface area contributed by atoms with Gasteiger partial charge < -0.3 is 14.8 Å². The van der Waals surface area contributed by atoms with Gasteiger partial charge in [0.1, 0.15) is 16.8 Å². The quantitative estimate of drug-likeness (QED) is 0.759. The van der Waals surface area contributed by atoms with Gasteiger partial charge in [0.25, 0.3) is 5.56 Å². The van der Waals surface area contributed by atoms with Crippen LogP contribution in [0.3, 0.4) is 0 Å². The molecule has 7 heteroatoms. The zero-order valence-corrected chi connectivity index (χ0v) is 14.1. The maximum Gasteiger partial charge on any atom is 0.282 e. The van der Waals surface area contributed by atoms with Gasteiger partial charge in [-0.2, -0.15) is 5.10 Å². The van der Waals surface area contributed by atoms with Crippen LogP contribution >= 0.6 is 15.9 Å². The number of nitrogens with zero attached hydrogens (tertiary/aromatic N) is 2. The molecule has 0 amide bonds. The summed E-state index contributed by atoms with van der Waals surface area (Å²) in [6, 6.07) is 7.76. The standard InChI is InChI=1S/C15H18BrN3O3/c1-19-15(20)14(16)13(10-18-19)17-9-11-4-3-5-12(8-11)22-7-6-21-2/h3-5,8,10,17H,6-7,9H2,1-2H3. The fraction of sp³-hybridized carbons (Fsp3) is 0.333. The van der Waals surface area contributed by atoms with Crippen molar-refractivity contribution in [3.8, 4) is 5.75 Å². The molecule has 1 aromatic carbocycles. The Bertz CT molecular complexity index is 688. The molecule has 0 aliphatic carbocycles. The largest absolute Gasteiger partial charge is 0.491 e. The van der Waals surface area contributed by atoms with Crippen LogP contribution in [0, 0.1) is 0 Å². The smallest absolute Gasteiger partial charge is 0.282 e. The van der Waals surface area contributed by atoms with Crippen molar-refractivity contribution in [2.75, 3.05) is 25.6 Å². The second kappa shape index (κ2) is 7.95. The Morgan fingerprint density at radius 3 is 2.95 bits per heavy atom. The van der Waals surface area contributed by atoms with E-state index in [1.54, 1.807) is 20.4 Å². The van der Waals surface area contributed by atoms with Crippen molar-refractivity contribution in [1.29, 1.82) is 0 Å². The number of aryl methyl sites for hydroxylation is 1. The molecular formula is C15H18BrN3O3. The summed E-state index contributed by atoms with van der Waals surface area (Å²) in [6.07, 6.45) is 1.62. The second-order valence-electron chi connectivity index (χ2n) is 4.64. The number of anilines is 1. The van der Waals surface area contributed by atoms with E-state index in [0.717, 1.165) is 11.3 Å². The third-order valence-corrected chi connectivity index (χ3v) is 3.78. The first kappa shape index (κ1) is 16.5. The summed E-state index contributed by atoms with van der Waals surface area (Å²) in [5, 5.41) is 7.18. The number of ether oxygens (including phenoxy) is 2. The maximum atomic E-state index is 11.8. The van der Waals surface area contributed by atoms with Gasteiger partial charge in [-0.1, -0.05) is 12.1 Å². The molecule has 0 aliphatic heterocycles. The second-order valence-corrected chi connectivity index (χ2v) is 5.44. The Morgan fingerprint density at radius 2 is 2.18 bits per heavy atom. The van der Waals surface area contributed by atoms with Crippen LogP contribution in [0.25, 0.3) is 0 Å². The van der Waals surface area contributed by atoms with E-state index in [0.29, 0.717) is 29.9 Å². The van der Waals surface area contributed by atoms with Gasteiger partial charge in [-0.15, -0.1) is 0 Å². The van der Waals surface area contributed by atoms with Crippen molar-refractivity contribution >= 4 is 21.6 Å². The van der Waals surface area contributed by atoms with Gasteiger partial charge in [-0.3, -0.25) is 4.79 Å². The molecule has 1 heterocycles. The average Bonchev–Trinajstić information content (AvgIpc) is 2.53. The first-order valence-corrected chi connectivity index (χ1v) is 7.57. The third kappa shape index (κ3) is 4.32. The minimum atomic E-state index is -0.179. The van der Waals surface area contributed by atoms with E-state index >= 15 is 0 Å². The lowest BCUT2D eigenvalue weighted by Gasteiger charge is -2.10. The Labute approximate surface area is 137 Å². The minimum absolute atomic E-state index is 0.179. The first-order chi connectivity index (χ1) is 10.6. The molecule has 0 saturated heterocycles. The molecule has 0 atom stereocenters. The molecule has 6 nitrogen and oxygen atoms in total. The van der Waals surface area contributed by atoms with Gasteiger partial charge in [-0.05, 0) is 33.6 Å². The molecular weight excluding hydrogens is 350 g/mol. The highest BCUT2D eigenvalue weighted by Gasteiger charge is 2.06. The van der Waals surface area contributed by atoms with E-state index in [9.17, 15) is 4.79 Å². The van der Waals surface area contributed by atoms with Crippen LogP contribution in [0.4, 0.5) is 5.69 Å². The number of aromatic nitrogens is 2. The van der Waals surface area contributed by atoms with E-state index in [4.69, 9.17) is 9.47 Å². The van der Waals surface area contributed by atoms with Crippen molar-refractivity contribution in [3.05, 3.63) is 50.9 Å². The molecule has 0 saturated carbocycles. The summed E-state index contributed by atoms with van der Waals surface area (Å²) in [7, 11) is 3.25. The van der Waals surface area contributed by atoms with Crippen LogP contribution in [-0.4, -0.2) is 30.1 Å². The highest BCUT2D eigenvalue weighted by molar-refractivity contribution is 9.10. The Morgan fingerprint density at radius 1 is 1.36 bits per heavy atom. The average molecular weight is 368 g/mol. The summed E-state index contributed by atoms with van der Waals surface area (Å²) in [5.74, 6) is 0.789. The van der Waals surface area contributed by atoms with E-state index < -0.39 is 0 Å². The predicted molar refractivity (Wildman–Crippen MR) is 88.3 cm³/mol. The van der Waals surface area contributed by atoms with E-state index in [2.05, 4.69) is 26.3 Å². The number of hydrogen-bond acceptors (Lipinski definition) is 5. The molecule has 0 spiro atoms. The van der Waals surface area contributed by atoms with Crippen LogP contribution in [0.15, 0.2) is 39.7 Å². The Hall–Kier alpha value is -1.86. The predicted octanol–water partition coefficient (Wildman–Crippen LogP) is 2.18. The number of nitrogens with one attached hydrogen (secondary N) is 1. The highest BCUT2D eigenvalue weighted by atomic mass is 79.9. The summed E-state index contributed by atoms with van der Waals surface area (Å²) in [5.41, 5.74) is 1.53. The number of hydrogen-bond donors (Lipinski definition) is 1. The number of methoxy groups -OCH3 is 1. The molecule has 2 aromatic rings. The van der Waals surface area contributed by atoms with Gasteiger partial charge >= 0.3 is 0 Å². The number of benzene rings is 1. The molecule has 0 radical (unpaired) electrons. The topological polar surface area (TPSA) is 65.4 Å². The molecule has 0 bridgehead atoms. The van der Waals surface area contributed by atoms with Gasteiger partial charge in [-0.25, -0.2) is 4.68 Å².